The Morgan fingerprint density at radius 2 is 2.00 bits per heavy atom. The topological polar surface area (TPSA) is 17.1 Å². The average molecular weight is 330 g/mol. The highest BCUT2D eigenvalue weighted by Crippen LogP contribution is 2.30. The number of hydrogen-bond acceptors (Lipinski definition) is 2. The van der Waals surface area contributed by atoms with E-state index in [1.807, 2.05) is 32.0 Å². The van der Waals surface area contributed by atoms with E-state index in [4.69, 9.17) is 11.6 Å². The Morgan fingerprint density at radius 3 is 2.53 bits per heavy atom. The minimum atomic E-state index is -0.0196. The van der Waals surface area contributed by atoms with Crippen molar-refractivity contribution in [2.45, 2.75) is 13.8 Å². The molecule has 88 valence electrons. The summed E-state index contributed by atoms with van der Waals surface area (Å²) >= 11 is 11.0. The van der Waals surface area contributed by atoms with Crippen molar-refractivity contribution < 1.29 is 4.79 Å². The Bertz CT molecular complexity index is 570. The lowest BCUT2D eigenvalue weighted by molar-refractivity contribution is 0.104. The van der Waals surface area contributed by atoms with Crippen LogP contribution in [-0.2, 0) is 0 Å². The van der Waals surface area contributed by atoms with Gasteiger partial charge in [0.25, 0.3) is 0 Å². The number of ketones is 1. The molecule has 1 nitrogen and oxygen atoms in total. The number of carbonyl (C=O) groups excluding carboxylic acids is 1. The number of aryl methyl sites for hydroxylation is 2. The number of hydrogen-bond donors (Lipinski definition) is 0. The highest BCUT2D eigenvalue weighted by molar-refractivity contribution is 9.11. The molecule has 0 radical (unpaired) electrons. The second-order valence-electron chi connectivity index (χ2n) is 3.88. The molecule has 2 aromatic rings. The molecule has 4 heteroatoms. The van der Waals surface area contributed by atoms with E-state index < -0.39 is 0 Å². The molecule has 17 heavy (non-hydrogen) atoms. The number of benzene rings is 1. The van der Waals surface area contributed by atoms with E-state index in [9.17, 15) is 4.79 Å². The van der Waals surface area contributed by atoms with Crippen molar-refractivity contribution in [1.29, 1.82) is 0 Å². The summed E-state index contributed by atoms with van der Waals surface area (Å²) in [6.45, 7) is 3.92. The van der Waals surface area contributed by atoms with Crippen LogP contribution in [0.3, 0.4) is 0 Å². The molecule has 0 aliphatic carbocycles. The fraction of sp³-hybridized carbons (Fsp3) is 0.154. The van der Waals surface area contributed by atoms with Gasteiger partial charge in [-0.25, -0.2) is 0 Å². The van der Waals surface area contributed by atoms with Gasteiger partial charge in [0, 0.05) is 5.56 Å². The fourth-order valence-corrected chi connectivity index (χ4v) is 3.32. The van der Waals surface area contributed by atoms with E-state index in [-0.39, 0.29) is 5.78 Å². The Labute approximate surface area is 118 Å². The first-order valence-electron chi connectivity index (χ1n) is 5.06. The number of rotatable bonds is 2. The normalized spacial score (nSPS) is 10.6. The highest BCUT2D eigenvalue weighted by Gasteiger charge is 2.16. The third-order valence-corrected chi connectivity index (χ3v) is 4.90. The molecular formula is C13H10BrClOS. The molecule has 0 aliphatic heterocycles. The van der Waals surface area contributed by atoms with Crippen LogP contribution in [0.25, 0.3) is 0 Å². The van der Waals surface area contributed by atoms with Crippen molar-refractivity contribution in [1.82, 2.24) is 0 Å². The van der Waals surface area contributed by atoms with E-state index in [2.05, 4.69) is 15.9 Å². The molecule has 0 N–H and O–H groups in total. The van der Waals surface area contributed by atoms with Gasteiger partial charge < -0.3 is 0 Å². The second kappa shape index (κ2) is 4.92. The first kappa shape index (κ1) is 12.8. The lowest BCUT2D eigenvalue weighted by Crippen LogP contribution is -1.99. The van der Waals surface area contributed by atoms with Gasteiger partial charge in [0.15, 0.2) is 0 Å². The summed E-state index contributed by atoms with van der Waals surface area (Å²) in [5.74, 6) is -0.0196. The lowest BCUT2D eigenvalue weighted by atomic mass is 10.1. The van der Waals surface area contributed by atoms with Crippen molar-refractivity contribution in [3.05, 3.63) is 54.6 Å². The van der Waals surface area contributed by atoms with E-state index in [1.165, 1.54) is 11.3 Å². The van der Waals surface area contributed by atoms with Gasteiger partial charge in [0.1, 0.15) is 0 Å². The average Bonchev–Trinajstić information content (AvgIpc) is 2.58. The first-order chi connectivity index (χ1) is 7.99. The molecule has 2 rings (SSSR count). The highest BCUT2D eigenvalue weighted by atomic mass is 79.9. The third kappa shape index (κ3) is 2.62. The van der Waals surface area contributed by atoms with Crippen LogP contribution >= 0.6 is 38.9 Å². The van der Waals surface area contributed by atoms with Crippen LogP contribution in [0.2, 0.25) is 5.02 Å². The third-order valence-electron chi connectivity index (χ3n) is 2.45. The molecule has 1 aromatic carbocycles. The van der Waals surface area contributed by atoms with E-state index in [0.717, 1.165) is 14.9 Å². The fourth-order valence-electron chi connectivity index (χ4n) is 1.51. The standard InChI is InChI=1S/C13H10BrClOS/c1-7-3-4-9(10(15)5-7)12(16)11-6-8(2)13(14)17-11/h3-6H,1-2H3. The maximum Gasteiger partial charge on any atom is 0.204 e. The summed E-state index contributed by atoms with van der Waals surface area (Å²) in [5.41, 5.74) is 2.68. The monoisotopic (exact) mass is 328 g/mol. The SMILES string of the molecule is Cc1ccc(C(=O)c2cc(C)c(Br)s2)c(Cl)c1. The summed E-state index contributed by atoms with van der Waals surface area (Å²) < 4.78 is 0.990. The Balaban J connectivity index is 2.43. The minimum absolute atomic E-state index is 0.0196. The van der Waals surface area contributed by atoms with Gasteiger partial charge in [-0.05, 0) is 59.1 Å². The molecule has 1 heterocycles. The predicted octanol–water partition coefficient (Wildman–Crippen LogP) is 5.01. The maximum atomic E-state index is 12.2. The molecule has 1 aromatic heterocycles. The van der Waals surface area contributed by atoms with Crippen LogP contribution in [0.5, 0.6) is 0 Å². The molecule has 0 unspecified atom stereocenters. The van der Waals surface area contributed by atoms with Crippen LogP contribution in [0.4, 0.5) is 0 Å². The number of carbonyl (C=O) groups is 1. The molecule has 0 bridgehead atoms. The molecule has 0 aliphatic rings. The summed E-state index contributed by atoms with van der Waals surface area (Å²) in [6.07, 6.45) is 0. The van der Waals surface area contributed by atoms with Crippen molar-refractivity contribution in [2.75, 3.05) is 0 Å². The summed E-state index contributed by atoms with van der Waals surface area (Å²) in [7, 11) is 0. The Morgan fingerprint density at radius 1 is 1.29 bits per heavy atom. The largest absolute Gasteiger partial charge is 0.288 e. The smallest absolute Gasteiger partial charge is 0.204 e. The zero-order chi connectivity index (χ0) is 12.6. The van der Waals surface area contributed by atoms with Gasteiger partial charge in [-0.2, -0.15) is 0 Å². The van der Waals surface area contributed by atoms with Gasteiger partial charge >= 0.3 is 0 Å². The molecule has 0 saturated heterocycles. The molecule has 0 fully saturated rings. The Hall–Kier alpha value is -0.640. The van der Waals surface area contributed by atoms with Crippen LogP contribution < -0.4 is 0 Å². The van der Waals surface area contributed by atoms with Gasteiger partial charge in [-0.15, -0.1) is 11.3 Å². The Kier molecular flexibility index (Phi) is 3.71. The van der Waals surface area contributed by atoms with Crippen molar-refractivity contribution in [3.8, 4) is 0 Å². The van der Waals surface area contributed by atoms with Gasteiger partial charge in [-0.1, -0.05) is 17.7 Å². The summed E-state index contributed by atoms with van der Waals surface area (Å²) in [4.78, 5) is 13.0. The zero-order valence-electron chi connectivity index (χ0n) is 9.38. The molecule has 0 atom stereocenters. The first-order valence-corrected chi connectivity index (χ1v) is 7.04. The van der Waals surface area contributed by atoms with E-state index in [0.29, 0.717) is 15.5 Å². The van der Waals surface area contributed by atoms with Gasteiger partial charge in [-0.3, -0.25) is 4.79 Å². The molecule has 0 saturated carbocycles. The number of halogens is 2. The second-order valence-corrected chi connectivity index (χ2v) is 6.66. The molecule has 0 spiro atoms. The van der Waals surface area contributed by atoms with Crippen molar-refractivity contribution >= 4 is 44.7 Å². The molecule has 0 amide bonds. The number of thiophene rings is 1. The van der Waals surface area contributed by atoms with E-state index >= 15 is 0 Å². The molecular weight excluding hydrogens is 320 g/mol. The van der Waals surface area contributed by atoms with Crippen LogP contribution in [0, 0.1) is 13.8 Å². The minimum Gasteiger partial charge on any atom is -0.288 e. The predicted molar refractivity (Wildman–Crippen MR) is 76.4 cm³/mol. The van der Waals surface area contributed by atoms with Crippen LogP contribution in [-0.4, -0.2) is 5.78 Å². The zero-order valence-corrected chi connectivity index (χ0v) is 12.5. The summed E-state index contributed by atoms with van der Waals surface area (Å²) in [5, 5.41) is 0.511. The maximum absolute atomic E-state index is 12.2. The van der Waals surface area contributed by atoms with Crippen LogP contribution in [0.15, 0.2) is 28.1 Å². The van der Waals surface area contributed by atoms with Gasteiger partial charge in [0.05, 0.1) is 13.7 Å². The lowest BCUT2D eigenvalue weighted by Gasteiger charge is -2.02. The quantitative estimate of drug-likeness (QED) is 0.708. The van der Waals surface area contributed by atoms with Crippen LogP contribution in [0.1, 0.15) is 26.4 Å². The van der Waals surface area contributed by atoms with E-state index in [1.54, 1.807) is 6.07 Å². The van der Waals surface area contributed by atoms with Gasteiger partial charge in [0.2, 0.25) is 5.78 Å². The van der Waals surface area contributed by atoms with Crippen molar-refractivity contribution in [2.24, 2.45) is 0 Å². The summed E-state index contributed by atoms with van der Waals surface area (Å²) in [6, 6.07) is 7.37. The van der Waals surface area contributed by atoms with Crippen molar-refractivity contribution in [3.63, 3.8) is 0 Å².